The summed E-state index contributed by atoms with van der Waals surface area (Å²) in [5.41, 5.74) is 1.85. The maximum Gasteiger partial charge on any atom is 0.335 e. The molecule has 33 heavy (non-hydrogen) atoms. The summed E-state index contributed by atoms with van der Waals surface area (Å²) in [7, 11) is 0. The summed E-state index contributed by atoms with van der Waals surface area (Å²) < 4.78 is 7.62. The molecule has 0 aliphatic carbocycles. The van der Waals surface area contributed by atoms with Crippen molar-refractivity contribution in [3.63, 3.8) is 0 Å². The van der Waals surface area contributed by atoms with Gasteiger partial charge in [-0.1, -0.05) is 29.8 Å². The number of ether oxygens (including phenoxy) is 1. The lowest BCUT2D eigenvalue weighted by Gasteiger charge is -2.12. The lowest BCUT2D eigenvalue weighted by atomic mass is 10.1. The number of hydrogen-bond acceptors (Lipinski definition) is 4. The van der Waals surface area contributed by atoms with Gasteiger partial charge in [0.05, 0.1) is 12.7 Å². The number of nitrogens with one attached hydrogen (secondary N) is 1. The molecule has 166 valence electrons. The molecule has 0 radical (unpaired) electrons. The summed E-state index contributed by atoms with van der Waals surface area (Å²) in [6.07, 6.45) is 1.48. The van der Waals surface area contributed by atoms with Crippen LogP contribution in [0, 0.1) is 18.5 Å². The van der Waals surface area contributed by atoms with Crippen molar-refractivity contribution in [3.05, 3.63) is 95.1 Å². The van der Waals surface area contributed by atoms with Crippen LogP contribution in [-0.4, -0.2) is 17.0 Å². The summed E-state index contributed by atoms with van der Waals surface area (Å²) in [5, 5.41) is 21.8. The number of carboxylic acids is 1. The number of rotatable bonds is 7. The second-order valence-electron chi connectivity index (χ2n) is 6.74. The van der Waals surface area contributed by atoms with Crippen LogP contribution in [0.2, 0.25) is 5.02 Å². The van der Waals surface area contributed by atoms with Crippen LogP contribution in [-0.2, 0) is 11.4 Å². The molecule has 0 bridgehead atoms. The zero-order valence-corrected chi connectivity index (χ0v) is 21.9. The average Bonchev–Trinajstić information content (AvgIpc) is 2.78. The van der Waals surface area contributed by atoms with Crippen LogP contribution < -0.4 is 10.1 Å². The average molecular weight is 685 g/mol. The Morgan fingerprint density at radius 2 is 1.76 bits per heavy atom. The van der Waals surface area contributed by atoms with Crippen molar-refractivity contribution >= 4 is 80.4 Å². The van der Waals surface area contributed by atoms with E-state index in [4.69, 9.17) is 21.4 Å². The molecular formula is C24H15ClI2N2O4. The van der Waals surface area contributed by atoms with Crippen LogP contribution in [0.15, 0.2) is 66.2 Å². The summed E-state index contributed by atoms with van der Waals surface area (Å²) in [5.74, 6) is -1.03. The Morgan fingerprint density at radius 3 is 2.36 bits per heavy atom. The summed E-state index contributed by atoms with van der Waals surface area (Å²) in [6.45, 7) is 0.375. The zero-order valence-electron chi connectivity index (χ0n) is 16.8. The Kier molecular flexibility index (Phi) is 8.71. The van der Waals surface area contributed by atoms with Crippen LogP contribution >= 0.6 is 56.8 Å². The molecule has 0 fully saturated rings. The van der Waals surface area contributed by atoms with Gasteiger partial charge in [-0.05, 0) is 105 Å². The number of anilines is 1. The highest BCUT2D eigenvalue weighted by molar-refractivity contribution is 14.1. The minimum Gasteiger partial charge on any atom is -0.487 e. The molecule has 0 aliphatic rings. The van der Waals surface area contributed by atoms with Gasteiger partial charge in [-0.2, -0.15) is 5.26 Å². The van der Waals surface area contributed by atoms with E-state index >= 15 is 0 Å². The second-order valence-corrected chi connectivity index (χ2v) is 9.50. The second kappa shape index (κ2) is 11.5. The van der Waals surface area contributed by atoms with Gasteiger partial charge < -0.3 is 15.2 Å². The Hall–Kier alpha value is -2.62. The summed E-state index contributed by atoms with van der Waals surface area (Å²) in [6, 6.07) is 18.7. The van der Waals surface area contributed by atoms with Crippen molar-refractivity contribution in [2.24, 2.45) is 0 Å². The molecule has 1 amide bonds. The third-order valence-electron chi connectivity index (χ3n) is 4.36. The molecule has 3 aromatic rings. The minimum absolute atomic E-state index is 0.0357. The van der Waals surface area contributed by atoms with Gasteiger partial charge in [-0.3, -0.25) is 4.79 Å². The summed E-state index contributed by atoms with van der Waals surface area (Å²) in [4.78, 5) is 23.7. The van der Waals surface area contributed by atoms with Crippen LogP contribution in [0.25, 0.3) is 6.08 Å². The lowest BCUT2D eigenvalue weighted by Crippen LogP contribution is -2.14. The molecule has 0 spiro atoms. The van der Waals surface area contributed by atoms with Gasteiger partial charge >= 0.3 is 5.97 Å². The number of nitriles is 1. The summed E-state index contributed by atoms with van der Waals surface area (Å²) >= 11 is 10.2. The fourth-order valence-electron chi connectivity index (χ4n) is 2.78. The normalized spacial score (nSPS) is 10.9. The van der Waals surface area contributed by atoms with E-state index < -0.39 is 11.9 Å². The SMILES string of the molecule is N#C/C(=C/c1cc(I)c(OCc2ccc(Cl)cc2)c(I)c1)C(=O)Nc1cccc(C(=O)O)c1. The molecule has 0 aliphatic heterocycles. The zero-order chi connectivity index (χ0) is 24.0. The fraction of sp³-hybridized carbons (Fsp3) is 0.0417. The number of benzene rings is 3. The molecule has 3 rings (SSSR count). The number of amides is 1. The molecule has 6 nitrogen and oxygen atoms in total. The Balaban J connectivity index is 1.77. The van der Waals surface area contributed by atoms with Crippen LogP contribution in [0.4, 0.5) is 5.69 Å². The molecule has 9 heteroatoms. The van der Waals surface area contributed by atoms with Gasteiger partial charge in [0.2, 0.25) is 0 Å². The van der Waals surface area contributed by atoms with Crippen molar-refractivity contribution in [3.8, 4) is 11.8 Å². The van der Waals surface area contributed by atoms with E-state index in [-0.39, 0.29) is 16.8 Å². The monoisotopic (exact) mass is 684 g/mol. The van der Waals surface area contributed by atoms with Gasteiger partial charge in [0.15, 0.2) is 0 Å². The number of nitrogens with zero attached hydrogens (tertiary/aromatic N) is 1. The number of halogens is 3. The van der Waals surface area contributed by atoms with Crippen molar-refractivity contribution < 1.29 is 19.4 Å². The molecule has 0 atom stereocenters. The highest BCUT2D eigenvalue weighted by Gasteiger charge is 2.13. The first-order valence-electron chi connectivity index (χ1n) is 9.39. The van der Waals surface area contributed by atoms with Gasteiger partial charge in [-0.25, -0.2) is 4.79 Å². The van der Waals surface area contributed by atoms with Gasteiger partial charge in [0.1, 0.15) is 24.0 Å². The largest absolute Gasteiger partial charge is 0.487 e. The maximum absolute atomic E-state index is 12.6. The van der Waals surface area contributed by atoms with Crippen LogP contribution in [0.1, 0.15) is 21.5 Å². The molecule has 0 saturated carbocycles. The molecule has 0 heterocycles. The third kappa shape index (κ3) is 6.93. The topological polar surface area (TPSA) is 99.4 Å². The van der Waals surface area contributed by atoms with Crippen molar-refractivity contribution in [1.82, 2.24) is 0 Å². The molecule has 2 N–H and O–H groups in total. The predicted molar refractivity (Wildman–Crippen MR) is 143 cm³/mol. The van der Waals surface area contributed by atoms with Crippen molar-refractivity contribution in [2.75, 3.05) is 5.32 Å². The quantitative estimate of drug-likeness (QED) is 0.171. The number of carboxylic acid groups (broad SMARTS) is 1. The van der Waals surface area contributed by atoms with E-state index in [1.165, 1.54) is 24.3 Å². The minimum atomic E-state index is -1.11. The highest BCUT2D eigenvalue weighted by atomic mass is 127. The molecule has 0 saturated heterocycles. The third-order valence-corrected chi connectivity index (χ3v) is 6.22. The Morgan fingerprint density at radius 1 is 1.09 bits per heavy atom. The fourth-order valence-corrected chi connectivity index (χ4v) is 5.03. The Labute approximate surface area is 222 Å². The van der Waals surface area contributed by atoms with Gasteiger partial charge in [-0.15, -0.1) is 0 Å². The van der Waals surface area contributed by atoms with Crippen LogP contribution in [0.3, 0.4) is 0 Å². The van der Waals surface area contributed by atoms with E-state index in [2.05, 4.69) is 50.5 Å². The van der Waals surface area contributed by atoms with Crippen LogP contribution in [0.5, 0.6) is 5.75 Å². The Bertz CT molecular complexity index is 1260. The van der Waals surface area contributed by atoms with Crippen molar-refractivity contribution in [2.45, 2.75) is 6.61 Å². The molecule has 0 unspecified atom stereocenters. The predicted octanol–water partition coefficient (Wildman–Crippen LogP) is 6.37. The van der Waals surface area contributed by atoms with E-state index in [1.54, 1.807) is 18.2 Å². The van der Waals surface area contributed by atoms with Crippen molar-refractivity contribution in [1.29, 1.82) is 5.26 Å². The highest BCUT2D eigenvalue weighted by Crippen LogP contribution is 2.30. The van der Waals surface area contributed by atoms with E-state index in [0.29, 0.717) is 22.9 Å². The first-order valence-corrected chi connectivity index (χ1v) is 11.9. The maximum atomic E-state index is 12.6. The van der Waals surface area contributed by atoms with E-state index in [0.717, 1.165) is 12.7 Å². The van der Waals surface area contributed by atoms with E-state index in [1.807, 2.05) is 30.3 Å². The number of carbonyl (C=O) groups is 2. The first kappa shape index (κ1) is 25.0. The molecular weight excluding hydrogens is 670 g/mol. The number of hydrogen-bond donors (Lipinski definition) is 2. The molecule has 3 aromatic carbocycles. The van der Waals surface area contributed by atoms with E-state index in [9.17, 15) is 14.9 Å². The first-order chi connectivity index (χ1) is 15.8. The van der Waals surface area contributed by atoms with Gasteiger partial charge in [0, 0.05) is 10.7 Å². The smallest absolute Gasteiger partial charge is 0.335 e. The molecule has 0 aromatic heterocycles. The standard InChI is InChI=1S/C24H15ClI2N2O4/c25-18-6-4-14(5-7-18)13-33-22-20(26)9-15(10-21(22)27)8-17(12-28)23(30)29-19-3-1-2-16(11-19)24(31)32/h1-11H,13H2,(H,29,30)(H,31,32)/b17-8-. The lowest BCUT2D eigenvalue weighted by molar-refractivity contribution is -0.112. The van der Waals surface area contributed by atoms with Gasteiger partial charge in [0.25, 0.3) is 5.91 Å². The number of aromatic carboxylic acids is 1. The number of carbonyl (C=O) groups excluding carboxylic acids is 1.